The van der Waals surface area contributed by atoms with Crippen molar-refractivity contribution >= 4 is 39.9 Å². The number of aliphatic imine (C=N–C) groups is 1. The van der Waals surface area contributed by atoms with Gasteiger partial charge in [-0.25, -0.2) is 18.0 Å². The summed E-state index contributed by atoms with van der Waals surface area (Å²) in [7, 11) is -4.62. The van der Waals surface area contributed by atoms with Gasteiger partial charge in [-0.15, -0.1) is 0 Å². The molecule has 2 aliphatic heterocycles. The molecular formula is C36H50N6O8S. The fourth-order valence-corrected chi connectivity index (χ4v) is 7.88. The van der Waals surface area contributed by atoms with E-state index in [2.05, 4.69) is 4.99 Å². The van der Waals surface area contributed by atoms with Crippen LogP contribution in [0.5, 0.6) is 0 Å². The van der Waals surface area contributed by atoms with Gasteiger partial charge in [-0.1, -0.05) is 67.8 Å². The molecule has 0 unspecified atom stereocenters. The van der Waals surface area contributed by atoms with E-state index in [0.717, 1.165) is 24.0 Å². The van der Waals surface area contributed by atoms with Gasteiger partial charge in [0.1, 0.15) is 24.7 Å². The lowest BCUT2D eigenvalue weighted by atomic mass is 10.1. The van der Waals surface area contributed by atoms with E-state index in [4.69, 9.17) is 20.9 Å². The Balaban J connectivity index is 1.62. The number of rotatable bonds is 16. The van der Waals surface area contributed by atoms with Gasteiger partial charge in [0.2, 0.25) is 11.8 Å². The second-order valence-electron chi connectivity index (χ2n) is 12.9. The van der Waals surface area contributed by atoms with Crippen LogP contribution in [0.25, 0.3) is 0 Å². The minimum atomic E-state index is -4.62. The zero-order valence-electron chi connectivity index (χ0n) is 29.4. The Hall–Kier alpha value is -4.66. The van der Waals surface area contributed by atoms with Crippen LogP contribution in [-0.2, 0) is 40.5 Å². The summed E-state index contributed by atoms with van der Waals surface area (Å²) in [5.74, 6) is -1.85. The number of amides is 3. The second kappa shape index (κ2) is 18.5. The monoisotopic (exact) mass is 726 g/mol. The van der Waals surface area contributed by atoms with E-state index in [-0.39, 0.29) is 50.0 Å². The third kappa shape index (κ3) is 10.2. The van der Waals surface area contributed by atoms with Crippen molar-refractivity contribution in [2.75, 3.05) is 26.2 Å². The van der Waals surface area contributed by atoms with Gasteiger partial charge >= 0.3 is 12.1 Å². The minimum Gasteiger partial charge on any atom is -0.459 e. The number of esters is 1. The number of guanidine groups is 1. The number of likely N-dealkylation sites (tertiary alicyclic amines) is 2. The van der Waals surface area contributed by atoms with Gasteiger partial charge in [-0.05, 0) is 69.6 Å². The lowest BCUT2D eigenvalue weighted by molar-refractivity contribution is -0.156. The highest BCUT2D eigenvalue weighted by molar-refractivity contribution is 7.89. The van der Waals surface area contributed by atoms with Crippen LogP contribution < -0.4 is 11.5 Å². The third-order valence-corrected chi connectivity index (χ3v) is 10.9. The van der Waals surface area contributed by atoms with Crippen LogP contribution in [0.1, 0.15) is 75.8 Å². The molecule has 0 aliphatic carbocycles. The van der Waals surface area contributed by atoms with Crippen molar-refractivity contribution in [3.63, 3.8) is 0 Å². The van der Waals surface area contributed by atoms with Gasteiger partial charge in [-0.2, -0.15) is 4.31 Å². The van der Waals surface area contributed by atoms with Crippen molar-refractivity contribution in [1.82, 2.24) is 14.1 Å². The van der Waals surface area contributed by atoms with Crippen molar-refractivity contribution in [3.05, 3.63) is 65.7 Å². The summed E-state index contributed by atoms with van der Waals surface area (Å²) in [4.78, 5) is 62.2. The van der Waals surface area contributed by atoms with Crippen LogP contribution in [0.15, 0.2) is 64.5 Å². The Labute approximate surface area is 300 Å². The number of ether oxygens (including phenoxy) is 2. The Morgan fingerprint density at radius 2 is 1.57 bits per heavy atom. The summed E-state index contributed by atoms with van der Waals surface area (Å²) in [6.45, 7) is 4.33. The number of carbonyl (C=O) groups excluding carboxylic acids is 4. The van der Waals surface area contributed by atoms with Crippen molar-refractivity contribution in [2.24, 2.45) is 16.5 Å². The van der Waals surface area contributed by atoms with Crippen molar-refractivity contribution in [1.29, 1.82) is 0 Å². The first-order valence-electron chi connectivity index (χ1n) is 17.6. The highest BCUT2D eigenvalue weighted by Crippen LogP contribution is 2.30. The summed E-state index contributed by atoms with van der Waals surface area (Å²) in [6.07, 6.45) is 2.70. The van der Waals surface area contributed by atoms with E-state index >= 15 is 0 Å². The van der Waals surface area contributed by atoms with Crippen molar-refractivity contribution in [2.45, 2.75) is 101 Å². The standard InChI is InChI=1S/C36H50N6O8S/c1-3-4-8-24-49-36(46)42(51(47,48)28-19-17-26(2)18-20-28)30(14-9-21-39-35(37)38)33(44)40-22-10-15-29(40)32(43)41-23-11-16-31(41)34(45)50-25-27-12-6-5-7-13-27/h5-7,12-13,17-20,29-31H,3-4,8-11,14-16,21-25H2,1-2H3,(H4,37,38,39)/t29-,30-,31-/m0/s1. The number of hydrogen-bond donors (Lipinski definition) is 2. The number of nitrogens with zero attached hydrogens (tertiary/aromatic N) is 4. The Kier molecular flexibility index (Phi) is 14.2. The molecule has 3 amide bonds. The molecule has 0 saturated carbocycles. The molecule has 4 rings (SSSR count). The molecule has 0 spiro atoms. The molecule has 0 bridgehead atoms. The average molecular weight is 727 g/mol. The number of carbonyl (C=O) groups is 4. The lowest BCUT2D eigenvalue weighted by Gasteiger charge is -2.35. The second-order valence-corrected chi connectivity index (χ2v) is 14.7. The van der Waals surface area contributed by atoms with E-state index in [9.17, 15) is 27.6 Å². The molecule has 2 fully saturated rings. The Morgan fingerprint density at radius 3 is 2.24 bits per heavy atom. The van der Waals surface area contributed by atoms with Crippen LogP contribution in [0, 0.1) is 6.92 Å². The number of benzene rings is 2. The van der Waals surface area contributed by atoms with E-state index in [0.29, 0.717) is 43.0 Å². The molecule has 2 aromatic carbocycles. The summed E-state index contributed by atoms with van der Waals surface area (Å²) < 4.78 is 40.0. The largest absolute Gasteiger partial charge is 0.459 e. The maximum Gasteiger partial charge on any atom is 0.424 e. The smallest absolute Gasteiger partial charge is 0.424 e. The van der Waals surface area contributed by atoms with E-state index in [1.165, 1.54) is 21.9 Å². The molecular weight excluding hydrogens is 676 g/mol. The molecule has 2 heterocycles. The molecule has 278 valence electrons. The number of aryl methyl sites for hydroxylation is 1. The summed E-state index contributed by atoms with van der Waals surface area (Å²) in [5, 5.41) is 0. The quantitative estimate of drug-likeness (QED) is 0.112. The zero-order valence-corrected chi connectivity index (χ0v) is 30.3. The van der Waals surface area contributed by atoms with Gasteiger partial charge in [0.05, 0.1) is 11.5 Å². The number of hydrogen-bond acceptors (Lipinski definition) is 9. The van der Waals surface area contributed by atoms with Crippen LogP contribution in [0.4, 0.5) is 4.79 Å². The maximum absolute atomic E-state index is 14.6. The Bertz CT molecular complexity index is 1630. The predicted octanol–water partition coefficient (Wildman–Crippen LogP) is 3.46. The van der Waals surface area contributed by atoms with Gasteiger partial charge in [-0.3, -0.25) is 14.6 Å². The summed E-state index contributed by atoms with van der Waals surface area (Å²) in [6, 6.07) is 11.8. The van der Waals surface area contributed by atoms with E-state index < -0.39 is 52.0 Å². The SMILES string of the molecule is CCCCCOC(=O)N([C@@H](CCCN=C(N)N)C(=O)N1CCC[C@H]1C(=O)N1CCC[C@H]1C(=O)OCc1ccccc1)S(=O)(=O)c1ccc(C)cc1. The summed E-state index contributed by atoms with van der Waals surface area (Å²) >= 11 is 0. The van der Waals surface area contributed by atoms with Crippen molar-refractivity contribution in [3.8, 4) is 0 Å². The highest BCUT2D eigenvalue weighted by Gasteiger charge is 2.47. The fraction of sp³-hybridized carbons (Fsp3) is 0.528. The number of nitrogens with two attached hydrogens (primary N) is 2. The van der Waals surface area contributed by atoms with Gasteiger partial charge in [0.25, 0.3) is 10.0 Å². The van der Waals surface area contributed by atoms with Crippen LogP contribution in [0.2, 0.25) is 0 Å². The topological polar surface area (TPSA) is 195 Å². The van der Waals surface area contributed by atoms with Crippen molar-refractivity contribution < 1.29 is 37.1 Å². The molecule has 2 saturated heterocycles. The number of unbranched alkanes of at least 4 members (excludes halogenated alkanes) is 2. The first-order valence-corrected chi connectivity index (χ1v) is 19.0. The lowest BCUT2D eigenvalue weighted by Crippen LogP contribution is -2.57. The predicted molar refractivity (Wildman–Crippen MR) is 190 cm³/mol. The molecule has 2 aromatic rings. The Morgan fingerprint density at radius 1 is 0.902 bits per heavy atom. The van der Waals surface area contributed by atoms with E-state index in [1.807, 2.05) is 37.3 Å². The van der Waals surface area contributed by atoms with Crippen LogP contribution >= 0.6 is 0 Å². The average Bonchev–Trinajstić information content (AvgIpc) is 3.81. The van der Waals surface area contributed by atoms with Gasteiger partial charge in [0.15, 0.2) is 5.96 Å². The minimum absolute atomic E-state index is 0.0386. The molecule has 14 nitrogen and oxygen atoms in total. The molecule has 4 N–H and O–H groups in total. The van der Waals surface area contributed by atoms with Gasteiger partial charge in [0, 0.05) is 19.6 Å². The van der Waals surface area contributed by atoms with Gasteiger partial charge < -0.3 is 30.7 Å². The maximum atomic E-state index is 14.6. The molecule has 0 aromatic heterocycles. The zero-order chi connectivity index (χ0) is 37.0. The molecule has 15 heteroatoms. The summed E-state index contributed by atoms with van der Waals surface area (Å²) in [5.41, 5.74) is 12.6. The molecule has 51 heavy (non-hydrogen) atoms. The third-order valence-electron chi connectivity index (χ3n) is 9.08. The van der Waals surface area contributed by atoms with Crippen LogP contribution in [-0.4, -0.2) is 96.7 Å². The molecule has 3 atom stereocenters. The molecule has 2 aliphatic rings. The first kappa shape index (κ1) is 39.1. The number of sulfonamides is 1. The fourth-order valence-electron chi connectivity index (χ4n) is 6.40. The first-order chi connectivity index (χ1) is 24.4. The van der Waals surface area contributed by atoms with Crippen LogP contribution in [0.3, 0.4) is 0 Å². The highest BCUT2D eigenvalue weighted by atomic mass is 32.2. The van der Waals surface area contributed by atoms with E-state index in [1.54, 1.807) is 19.1 Å². The normalized spacial score (nSPS) is 17.8. The molecule has 0 radical (unpaired) electrons.